The van der Waals surface area contributed by atoms with Crippen molar-refractivity contribution in [2.75, 3.05) is 43.9 Å². The van der Waals surface area contributed by atoms with Gasteiger partial charge in [-0.05, 0) is 61.0 Å². The summed E-state index contributed by atoms with van der Waals surface area (Å²) in [5, 5.41) is 10.1. The molecule has 1 aliphatic heterocycles. The van der Waals surface area contributed by atoms with Crippen LogP contribution in [0, 0.1) is 6.92 Å². The number of piperazine rings is 1. The van der Waals surface area contributed by atoms with Crippen LogP contribution in [0.4, 0.5) is 24.5 Å². The van der Waals surface area contributed by atoms with Crippen molar-refractivity contribution in [2.45, 2.75) is 26.2 Å². The third-order valence-corrected chi connectivity index (χ3v) is 6.92. The normalized spacial score (nSPS) is 15.0. The van der Waals surface area contributed by atoms with Crippen LogP contribution in [0.3, 0.4) is 0 Å². The van der Waals surface area contributed by atoms with Crippen molar-refractivity contribution in [3.05, 3.63) is 88.9 Å². The summed E-state index contributed by atoms with van der Waals surface area (Å²) in [7, 11) is 2.03. The van der Waals surface area contributed by atoms with Crippen molar-refractivity contribution in [1.29, 1.82) is 0 Å². The second-order valence-electron chi connectivity index (χ2n) is 9.92. The van der Waals surface area contributed by atoms with Gasteiger partial charge in [-0.2, -0.15) is 18.3 Å². The molecule has 0 spiro atoms. The Morgan fingerprint density at radius 1 is 1.03 bits per heavy atom. The van der Waals surface area contributed by atoms with E-state index in [-0.39, 0.29) is 5.69 Å². The highest BCUT2D eigenvalue weighted by Gasteiger charge is 2.31. The summed E-state index contributed by atoms with van der Waals surface area (Å²) < 4.78 is 42.7. The molecule has 4 aromatic rings. The Hall–Kier alpha value is -3.96. The lowest BCUT2D eigenvalue weighted by molar-refractivity contribution is -0.137. The van der Waals surface area contributed by atoms with E-state index in [0.29, 0.717) is 24.2 Å². The number of fused-ring (bicyclic) bond motifs is 1. The zero-order valence-electron chi connectivity index (χ0n) is 21.8. The third-order valence-electron chi connectivity index (χ3n) is 6.92. The smallest absolute Gasteiger partial charge is 0.378 e. The second kappa shape index (κ2) is 11.0. The number of alkyl halides is 3. The summed E-state index contributed by atoms with van der Waals surface area (Å²) in [5.41, 5.74) is 3.56. The highest BCUT2D eigenvalue weighted by molar-refractivity contribution is 6.04. The lowest BCUT2D eigenvalue weighted by Crippen LogP contribution is -2.43. The number of hydrogen-bond acceptors (Lipinski definition) is 6. The fourth-order valence-corrected chi connectivity index (χ4v) is 4.59. The molecular weight excluding hydrogens is 507 g/mol. The highest BCUT2D eigenvalue weighted by atomic mass is 19.4. The summed E-state index contributed by atoms with van der Waals surface area (Å²) in [5.74, 6) is -0.472. The summed E-state index contributed by atoms with van der Waals surface area (Å²) in [6.45, 7) is 6.04. The van der Waals surface area contributed by atoms with Crippen LogP contribution in [0.15, 0.2) is 61.1 Å². The van der Waals surface area contributed by atoms with Gasteiger partial charge in [-0.1, -0.05) is 6.07 Å². The van der Waals surface area contributed by atoms with Crippen molar-refractivity contribution >= 4 is 22.9 Å². The number of amides is 1. The number of aromatic nitrogens is 3. The van der Waals surface area contributed by atoms with Crippen molar-refractivity contribution in [3.8, 4) is 0 Å². The molecule has 2 N–H and O–H groups in total. The first kappa shape index (κ1) is 26.6. The SMILES string of the molecule is Cc1ccc(C(=O)Nc2cc(CN3CCN(C)CC3)cc(C(F)(F)F)c2)cc1CNc1cnc2ccnn2c1. The van der Waals surface area contributed by atoms with E-state index in [4.69, 9.17) is 0 Å². The molecule has 0 aliphatic carbocycles. The van der Waals surface area contributed by atoms with Gasteiger partial charge in [-0.25, -0.2) is 9.50 Å². The Labute approximate surface area is 224 Å². The minimum atomic E-state index is -4.52. The van der Waals surface area contributed by atoms with E-state index < -0.39 is 17.6 Å². The van der Waals surface area contributed by atoms with Crippen molar-refractivity contribution in [2.24, 2.45) is 0 Å². The van der Waals surface area contributed by atoms with Gasteiger partial charge in [0.2, 0.25) is 0 Å². The van der Waals surface area contributed by atoms with Crippen molar-refractivity contribution in [3.63, 3.8) is 0 Å². The zero-order valence-corrected chi connectivity index (χ0v) is 21.8. The van der Waals surface area contributed by atoms with Gasteiger partial charge in [-0.3, -0.25) is 9.69 Å². The Morgan fingerprint density at radius 3 is 2.59 bits per heavy atom. The molecule has 5 rings (SSSR count). The Balaban J connectivity index is 1.31. The number of carbonyl (C=O) groups excluding carboxylic acids is 1. The minimum Gasteiger partial charge on any atom is -0.378 e. The number of likely N-dealkylation sites (N-methyl/N-ethyl adjacent to an activating group) is 1. The lowest BCUT2D eigenvalue weighted by Gasteiger charge is -2.32. The summed E-state index contributed by atoms with van der Waals surface area (Å²) in [6, 6.07) is 10.8. The van der Waals surface area contributed by atoms with Gasteiger partial charge >= 0.3 is 6.18 Å². The molecule has 204 valence electrons. The fraction of sp³-hybridized carbons (Fsp3) is 0.321. The number of halogens is 3. The molecule has 0 bridgehead atoms. The molecule has 8 nitrogen and oxygen atoms in total. The summed E-state index contributed by atoms with van der Waals surface area (Å²) in [4.78, 5) is 21.8. The molecular formula is C28H30F3N7O. The molecule has 2 aromatic carbocycles. The van der Waals surface area contributed by atoms with Gasteiger partial charge in [0.05, 0.1) is 29.8 Å². The quantitative estimate of drug-likeness (QED) is 0.357. The first-order chi connectivity index (χ1) is 18.6. The molecule has 1 fully saturated rings. The Morgan fingerprint density at radius 2 is 1.82 bits per heavy atom. The molecule has 11 heteroatoms. The molecule has 1 amide bonds. The van der Waals surface area contributed by atoms with Gasteiger partial charge in [0.25, 0.3) is 5.91 Å². The van der Waals surface area contributed by atoms with Crippen LogP contribution in [0.25, 0.3) is 5.65 Å². The lowest BCUT2D eigenvalue weighted by atomic mass is 10.0. The van der Waals surface area contributed by atoms with E-state index in [9.17, 15) is 18.0 Å². The topological polar surface area (TPSA) is 77.8 Å². The van der Waals surface area contributed by atoms with Crippen LogP contribution in [-0.4, -0.2) is 63.5 Å². The van der Waals surface area contributed by atoms with Crippen LogP contribution in [-0.2, 0) is 19.3 Å². The fourth-order valence-electron chi connectivity index (χ4n) is 4.59. The van der Waals surface area contributed by atoms with E-state index in [2.05, 4.69) is 30.5 Å². The van der Waals surface area contributed by atoms with Gasteiger partial charge in [-0.15, -0.1) is 0 Å². The molecule has 2 aromatic heterocycles. The maximum absolute atomic E-state index is 13.7. The maximum atomic E-state index is 13.7. The first-order valence-electron chi connectivity index (χ1n) is 12.7. The third kappa shape index (κ3) is 6.55. The summed E-state index contributed by atoms with van der Waals surface area (Å²) >= 11 is 0. The van der Waals surface area contributed by atoms with Gasteiger partial charge in [0.1, 0.15) is 0 Å². The predicted octanol–water partition coefficient (Wildman–Crippen LogP) is 4.67. The first-order valence-corrected chi connectivity index (χ1v) is 12.7. The molecule has 0 saturated carbocycles. The maximum Gasteiger partial charge on any atom is 0.416 e. The average Bonchev–Trinajstić information content (AvgIpc) is 3.37. The standard InChI is InChI=1S/C28H30F3N7O/c1-19-3-4-21(13-22(19)15-32-25-16-33-26-5-6-34-38(26)18-25)27(39)35-24-12-20(11-23(14-24)28(29,30)31)17-37-9-7-36(2)8-10-37/h3-6,11-14,16,18,32H,7-10,15,17H2,1-2H3,(H,35,39). The van der Waals surface area contributed by atoms with Crippen LogP contribution in [0.2, 0.25) is 0 Å². The number of rotatable bonds is 7. The van der Waals surface area contributed by atoms with Gasteiger partial charge < -0.3 is 15.5 Å². The number of nitrogens with one attached hydrogen (secondary N) is 2. The highest BCUT2D eigenvalue weighted by Crippen LogP contribution is 2.32. The van der Waals surface area contributed by atoms with Crippen molar-refractivity contribution in [1.82, 2.24) is 24.4 Å². The Bertz CT molecular complexity index is 1480. The van der Waals surface area contributed by atoms with E-state index in [1.165, 1.54) is 6.07 Å². The van der Waals surface area contributed by atoms with E-state index in [0.717, 1.165) is 54.7 Å². The molecule has 0 unspecified atom stereocenters. The van der Waals surface area contributed by atoms with Gasteiger partial charge in [0, 0.05) is 56.6 Å². The molecule has 1 saturated heterocycles. The Kier molecular flexibility index (Phi) is 7.53. The molecule has 39 heavy (non-hydrogen) atoms. The molecule has 0 atom stereocenters. The minimum absolute atomic E-state index is 0.123. The van der Waals surface area contributed by atoms with Gasteiger partial charge in [0.15, 0.2) is 5.65 Å². The predicted molar refractivity (Wildman–Crippen MR) is 144 cm³/mol. The number of carbonyl (C=O) groups is 1. The summed E-state index contributed by atoms with van der Waals surface area (Å²) in [6.07, 6.45) is 0.671. The largest absolute Gasteiger partial charge is 0.416 e. The molecule has 1 aliphatic rings. The molecule has 0 radical (unpaired) electrons. The monoisotopic (exact) mass is 537 g/mol. The van der Waals surface area contributed by atoms with Crippen molar-refractivity contribution < 1.29 is 18.0 Å². The van der Waals surface area contributed by atoms with Crippen LogP contribution < -0.4 is 10.6 Å². The van der Waals surface area contributed by atoms with Crippen LogP contribution >= 0.6 is 0 Å². The number of hydrogen-bond donors (Lipinski definition) is 2. The number of aryl methyl sites for hydroxylation is 1. The number of benzene rings is 2. The van der Waals surface area contributed by atoms with Crippen LogP contribution in [0.5, 0.6) is 0 Å². The average molecular weight is 538 g/mol. The van der Waals surface area contributed by atoms with E-state index in [1.807, 2.05) is 26.2 Å². The number of anilines is 2. The van der Waals surface area contributed by atoms with E-state index >= 15 is 0 Å². The number of nitrogens with zero attached hydrogens (tertiary/aromatic N) is 5. The second-order valence-corrected chi connectivity index (χ2v) is 9.92. The zero-order chi connectivity index (χ0) is 27.6. The van der Waals surface area contributed by atoms with Crippen LogP contribution in [0.1, 0.15) is 32.6 Å². The van der Waals surface area contributed by atoms with E-state index in [1.54, 1.807) is 41.2 Å². The molecule has 3 heterocycles.